The summed E-state index contributed by atoms with van der Waals surface area (Å²) >= 11 is 11.8. The van der Waals surface area contributed by atoms with E-state index in [1.54, 1.807) is 17.0 Å². The first-order chi connectivity index (χ1) is 10.5. The molecule has 1 aliphatic rings. The number of nitrogens with zero attached hydrogens (tertiary/aromatic N) is 1. The van der Waals surface area contributed by atoms with Crippen molar-refractivity contribution < 1.29 is 19.4 Å². The smallest absolute Gasteiger partial charge is 0.305 e. The molecule has 1 N–H and O–H groups in total. The molecule has 1 aliphatic heterocycles. The van der Waals surface area contributed by atoms with E-state index in [0.29, 0.717) is 36.0 Å². The Bertz CT molecular complexity index is 564. The van der Waals surface area contributed by atoms with E-state index in [1.807, 2.05) is 6.07 Å². The lowest BCUT2D eigenvalue weighted by Gasteiger charge is -2.35. The van der Waals surface area contributed by atoms with Gasteiger partial charge in [-0.25, -0.2) is 0 Å². The van der Waals surface area contributed by atoms with Gasteiger partial charge in [-0.15, -0.1) is 0 Å². The highest BCUT2D eigenvalue weighted by molar-refractivity contribution is 6.42. The van der Waals surface area contributed by atoms with Gasteiger partial charge in [0, 0.05) is 13.0 Å². The van der Waals surface area contributed by atoms with Gasteiger partial charge in [-0.05, 0) is 24.1 Å². The van der Waals surface area contributed by atoms with Crippen LogP contribution in [0.2, 0.25) is 10.0 Å². The number of halogens is 2. The van der Waals surface area contributed by atoms with Crippen molar-refractivity contribution in [2.45, 2.75) is 25.3 Å². The van der Waals surface area contributed by atoms with Crippen LogP contribution in [0.5, 0.6) is 0 Å². The van der Waals surface area contributed by atoms with Gasteiger partial charge in [0.25, 0.3) is 0 Å². The van der Waals surface area contributed by atoms with Crippen molar-refractivity contribution >= 4 is 35.1 Å². The molecule has 1 unspecified atom stereocenters. The van der Waals surface area contributed by atoms with Gasteiger partial charge in [-0.3, -0.25) is 9.59 Å². The second-order valence-corrected chi connectivity index (χ2v) is 5.98. The lowest BCUT2D eigenvalue weighted by atomic mass is 10.1. The molecule has 1 saturated heterocycles. The number of amides is 1. The lowest BCUT2D eigenvalue weighted by molar-refractivity contribution is -0.146. The van der Waals surface area contributed by atoms with Crippen LogP contribution >= 0.6 is 23.2 Å². The molecule has 1 aromatic carbocycles. The summed E-state index contributed by atoms with van der Waals surface area (Å²) in [5, 5.41) is 9.85. The molecule has 1 atom stereocenters. The van der Waals surface area contributed by atoms with Gasteiger partial charge in [-0.1, -0.05) is 29.3 Å². The highest BCUT2D eigenvalue weighted by Gasteiger charge is 2.28. The quantitative estimate of drug-likeness (QED) is 0.890. The number of benzene rings is 1. The van der Waals surface area contributed by atoms with Gasteiger partial charge in [-0.2, -0.15) is 0 Å². The van der Waals surface area contributed by atoms with Crippen molar-refractivity contribution in [2.75, 3.05) is 19.8 Å². The monoisotopic (exact) mass is 345 g/mol. The van der Waals surface area contributed by atoms with E-state index in [2.05, 4.69) is 0 Å². The van der Waals surface area contributed by atoms with Gasteiger partial charge in [0.1, 0.15) is 0 Å². The van der Waals surface area contributed by atoms with Crippen LogP contribution in [-0.4, -0.2) is 47.7 Å². The van der Waals surface area contributed by atoms with E-state index in [9.17, 15) is 9.59 Å². The fourth-order valence-corrected chi connectivity index (χ4v) is 2.76. The van der Waals surface area contributed by atoms with Crippen LogP contribution in [0.1, 0.15) is 18.4 Å². The summed E-state index contributed by atoms with van der Waals surface area (Å²) in [4.78, 5) is 24.8. The summed E-state index contributed by atoms with van der Waals surface area (Å²) in [6.45, 7) is 1.14. The summed E-state index contributed by atoms with van der Waals surface area (Å²) < 4.78 is 5.27. The SMILES string of the molecule is O=C(O)CC1COCCN1C(=O)CCc1ccc(Cl)c(Cl)c1. The normalized spacial score (nSPS) is 18.3. The molecule has 0 aliphatic carbocycles. The molecule has 7 heteroatoms. The number of carbonyl (C=O) groups is 2. The molecule has 1 heterocycles. The van der Waals surface area contributed by atoms with Gasteiger partial charge in [0.05, 0.1) is 35.7 Å². The molecular weight excluding hydrogens is 329 g/mol. The van der Waals surface area contributed by atoms with Crippen LogP contribution in [0.3, 0.4) is 0 Å². The fraction of sp³-hybridized carbons (Fsp3) is 0.467. The Balaban J connectivity index is 1.94. The van der Waals surface area contributed by atoms with Gasteiger partial charge in [0.2, 0.25) is 5.91 Å². The first-order valence-electron chi connectivity index (χ1n) is 7.00. The number of carbonyl (C=O) groups excluding carboxylic acids is 1. The molecule has 22 heavy (non-hydrogen) atoms. The third-order valence-electron chi connectivity index (χ3n) is 3.57. The standard InChI is InChI=1S/C15H17Cl2NO4/c16-12-3-1-10(7-13(12)17)2-4-14(19)18-5-6-22-9-11(18)8-15(20)21/h1,3,7,11H,2,4-6,8-9H2,(H,20,21). The predicted molar refractivity (Wildman–Crippen MR) is 83.4 cm³/mol. The van der Waals surface area contributed by atoms with Crippen molar-refractivity contribution in [3.63, 3.8) is 0 Å². The number of hydrogen-bond acceptors (Lipinski definition) is 3. The minimum Gasteiger partial charge on any atom is -0.481 e. The molecule has 0 spiro atoms. The van der Waals surface area contributed by atoms with Gasteiger partial charge in [0.15, 0.2) is 0 Å². The average molecular weight is 346 g/mol. The van der Waals surface area contributed by atoms with Crippen LogP contribution in [0, 0.1) is 0 Å². The largest absolute Gasteiger partial charge is 0.481 e. The van der Waals surface area contributed by atoms with Gasteiger partial charge >= 0.3 is 5.97 Å². The number of ether oxygens (including phenoxy) is 1. The number of hydrogen-bond donors (Lipinski definition) is 1. The van der Waals surface area contributed by atoms with Crippen molar-refractivity contribution in [1.82, 2.24) is 4.90 Å². The van der Waals surface area contributed by atoms with E-state index in [1.165, 1.54) is 0 Å². The molecule has 5 nitrogen and oxygen atoms in total. The number of aryl methyl sites for hydroxylation is 1. The van der Waals surface area contributed by atoms with Crippen molar-refractivity contribution in [3.05, 3.63) is 33.8 Å². The maximum Gasteiger partial charge on any atom is 0.305 e. The minimum atomic E-state index is -0.933. The Hall–Kier alpha value is -1.30. The topological polar surface area (TPSA) is 66.8 Å². The Kier molecular flexibility index (Phi) is 6.06. The van der Waals surface area contributed by atoms with E-state index < -0.39 is 12.0 Å². The molecule has 1 amide bonds. The average Bonchev–Trinajstić information content (AvgIpc) is 2.48. The maximum absolute atomic E-state index is 12.3. The van der Waals surface area contributed by atoms with Crippen LogP contribution in [-0.2, 0) is 20.7 Å². The molecule has 0 radical (unpaired) electrons. The highest BCUT2D eigenvalue weighted by Crippen LogP contribution is 2.23. The second kappa shape index (κ2) is 7.81. The van der Waals surface area contributed by atoms with Crippen LogP contribution < -0.4 is 0 Å². The Morgan fingerprint density at radius 3 is 2.77 bits per heavy atom. The maximum atomic E-state index is 12.3. The summed E-state index contributed by atoms with van der Waals surface area (Å²) in [6, 6.07) is 4.87. The van der Waals surface area contributed by atoms with Crippen LogP contribution in [0.4, 0.5) is 0 Å². The lowest BCUT2D eigenvalue weighted by Crippen LogP contribution is -2.49. The first-order valence-corrected chi connectivity index (χ1v) is 7.76. The third-order valence-corrected chi connectivity index (χ3v) is 4.31. The van der Waals surface area contributed by atoms with Crippen molar-refractivity contribution in [1.29, 1.82) is 0 Å². The molecule has 0 bridgehead atoms. The fourth-order valence-electron chi connectivity index (χ4n) is 2.44. The van der Waals surface area contributed by atoms with Crippen LogP contribution in [0.25, 0.3) is 0 Å². The number of aliphatic carboxylic acids is 1. The van der Waals surface area contributed by atoms with Crippen molar-refractivity contribution in [2.24, 2.45) is 0 Å². The molecule has 1 aromatic rings. The molecule has 0 saturated carbocycles. The van der Waals surface area contributed by atoms with E-state index in [4.69, 9.17) is 33.0 Å². The third kappa shape index (κ3) is 4.60. The Labute approximate surface area is 138 Å². The first kappa shape index (κ1) is 17.1. The van der Waals surface area contributed by atoms with Gasteiger partial charge < -0.3 is 14.7 Å². The van der Waals surface area contributed by atoms with E-state index in [0.717, 1.165) is 5.56 Å². The second-order valence-electron chi connectivity index (χ2n) is 5.16. The zero-order chi connectivity index (χ0) is 16.1. The number of morpholine rings is 1. The molecule has 0 aromatic heterocycles. The zero-order valence-electron chi connectivity index (χ0n) is 11.9. The number of carboxylic acids is 1. The summed E-state index contributed by atoms with van der Waals surface area (Å²) in [7, 11) is 0. The zero-order valence-corrected chi connectivity index (χ0v) is 13.4. The van der Waals surface area contributed by atoms with Crippen molar-refractivity contribution in [3.8, 4) is 0 Å². The number of rotatable bonds is 5. The van der Waals surface area contributed by atoms with Crippen LogP contribution in [0.15, 0.2) is 18.2 Å². The Morgan fingerprint density at radius 2 is 2.09 bits per heavy atom. The predicted octanol–water partition coefficient (Wildman–Crippen LogP) is 2.63. The van der Waals surface area contributed by atoms with E-state index in [-0.39, 0.29) is 18.9 Å². The molecule has 2 rings (SSSR count). The molecule has 1 fully saturated rings. The Morgan fingerprint density at radius 1 is 1.32 bits per heavy atom. The summed E-state index contributed by atoms with van der Waals surface area (Å²) in [5.41, 5.74) is 0.922. The highest BCUT2D eigenvalue weighted by atomic mass is 35.5. The summed E-state index contributed by atoms with van der Waals surface area (Å²) in [5.74, 6) is -1.00. The minimum absolute atomic E-state index is 0.0689. The van der Waals surface area contributed by atoms with E-state index >= 15 is 0 Å². The molecular formula is C15H17Cl2NO4. The number of carboxylic acid groups (broad SMARTS) is 1. The summed E-state index contributed by atoms with van der Waals surface area (Å²) in [6.07, 6.45) is 0.736. The molecule has 120 valence electrons.